The van der Waals surface area contributed by atoms with Gasteiger partial charge in [0.25, 0.3) is 0 Å². The van der Waals surface area contributed by atoms with E-state index in [4.69, 9.17) is 22.1 Å². The highest BCUT2D eigenvalue weighted by molar-refractivity contribution is 9.10. The van der Waals surface area contributed by atoms with Crippen molar-refractivity contribution in [2.75, 3.05) is 18.2 Å². The fourth-order valence-corrected chi connectivity index (χ4v) is 2.24. The van der Waals surface area contributed by atoms with Crippen molar-refractivity contribution in [3.63, 3.8) is 0 Å². The summed E-state index contributed by atoms with van der Waals surface area (Å²) in [4.78, 5) is 11.8. The molecule has 20 heavy (non-hydrogen) atoms. The highest BCUT2D eigenvalue weighted by Gasteiger charge is 2.15. The normalized spacial score (nSPS) is 10.2. The molecule has 0 saturated heterocycles. The smallest absolute Gasteiger partial charge is 0.340 e. The van der Waals surface area contributed by atoms with Gasteiger partial charge in [-0.3, -0.25) is 0 Å². The number of carbonyl (C=O) groups excluding carboxylic acids is 1. The van der Waals surface area contributed by atoms with Crippen LogP contribution in [0.3, 0.4) is 0 Å². The molecule has 0 saturated carbocycles. The maximum Gasteiger partial charge on any atom is 0.340 e. The molecule has 0 atom stereocenters. The quantitative estimate of drug-likeness (QED) is 0.639. The average molecular weight is 356 g/mol. The number of methoxy groups -OCH3 is 1. The number of anilines is 3. The Balaban J connectivity index is 2.47. The lowest BCUT2D eigenvalue weighted by Gasteiger charge is -2.14. The van der Waals surface area contributed by atoms with Gasteiger partial charge in [0, 0.05) is 9.50 Å². The van der Waals surface area contributed by atoms with Gasteiger partial charge in [-0.2, -0.15) is 0 Å². The molecular weight excluding hydrogens is 344 g/mol. The van der Waals surface area contributed by atoms with Crippen LogP contribution >= 0.6 is 27.5 Å². The molecule has 0 amide bonds. The summed E-state index contributed by atoms with van der Waals surface area (Å²) in [7, 11) is 1.32. The van der Waals surface area contributed by atoms with Crippen LogP contribution in [-0.4, -0.2) is 13.1 Å². The van der Waals surface area contributed by atoms with Crippen molar-refractivity contribution >= 4 is 50.6 Å². The zero-order valence-corrected chi connectivity index (χ0v) is 13.0. The lowest BCUT2D eigenvalue weighted by atomic mass is 10.1. The van der Waals surface area contributed by atoms with E-state index in [1.54, 1.807) is 30.3 Å². The summed E-state index contributed by atoms with van der Waals surface area (Å²) in [5.41, 5.74) is 7.93. The van der Waals surface area contributed by atoms with Gasteiger partial charge in [-0.1, -0.05) is 17.7 Å². The number of hydrogen-bond donors (Lipinski definition) is 2. The molecule has 0 aliphatic rings. The van der Waals surface area contributed by atoms with Crippen LogP contribution in [0.4, 0.5) is 17.1 Å². The summed E-state index contributed by atoms with van der Waals surface area (Å²) in [6, 6.07) is 10.3. The zero-order chi connectivity index (χ0) is 14.7. The van der Waals surface area contributed by atoms with Gasteiger partial charge in [0.1, 0.15) is 0 Å². The molecule has 0 bridgehead atoms. The van der Waals surface area contributed by atoms with Crippen LogP contribution in [0.25, 0.3) is 0 Å². The summed E-state index contributed by atoms with van der Waals surface area (Å²) in [6.07, 6.45) is 0. The Bertz CT molecular complexity index is 662. The number of esters is 1. The third-order valence-corrected chi connectivity index (χ3v) is 3.62. The van der Waals surface area contributed by atoms with Gasteiger partial charge in [0.05, 0.1) is 29.7 Å². The van der Waals surface area contributed by atoms with Gasteiger partial charge < -0.3 is 15.8 Å². The van der Waals surface area contributed by atoms with Crippen molar-refractivity contribution in [2.45, 2.75) is 0 Å². The summed E-state index contributed by atoms with van der Waals surface area (Å²) in [5, 5.41) is 3.68. The molecule has 0 aromatic heterocycles. The molecule has 6 heteroatoms. The molecule has 0 aliphatic heterocycles. The van der Waals surface area contributed by atoms with E-state index >= 15 is 0 Å². The Morgan fingerprint density at radius 3 is 2.80 bits per heavy atom. The number of nitrogen functional groups attached to an aromatic ring is 1. The van der Waals surface area contributed by atoms with Crippen molar-refractivity contribution in [1.82, 2.24) is 0 Å². The summed E-state index contributed by atoms with van der Waals surface area (Å²) in [6.45, 7) is 0. The molecule has 0 fully saturated rings. The summed E-state index contributed by atoms with van der Waals surface area (Å²) < 4.78 is 5.56. The molecule has 2 aromatic rings. The summed E-state index contributed by atoms with van der Waals surface area (Å²) >= 11 is 9.38. The number of hydrogen-bond acceptors (Lipinski definition) is 4. The van der Waals surface area contributed by atoms with Crippen molar-refractivity contribution in [3.8, 4) is 0 Å². The lowest BCUT2D eigenvalue weighted by Crippen LogP contribution is -2.08. The molecule has 2 rings (SSSR count). The second-order valence-electron chi connectivity index (χ2n) is 4.01. The van der Waals surface area contributed by atoms with Crippen molar-refractivity contribution < 1.29 is 9.53 Å². The van der Waals surface area contributed by atoms with E-state index in [9.17, 15) is 4.79 Å². The monoisotopic (exact) mass is 354 g/mol. The predicted molar refractivity (Wildman–Crippen MR) is 84.6 cm³/mol. The van der Waals surface area contributed by atoms with Crippen LogP contribution in [0.2, 0.25) is 5.02 Å². The molecule has 0 radical (unpaired) electrons. The molecule has 3 N–H and O–H groups in total. The number of halogens is 2. The number of para-hydroxylation sites is 1. The first-order chi connectivity index (χ1) is 9.52. The minimum Gasteiger partial charge on any atom is -0.465 e. The number of nitrogens with one attached hydrogen (secondary N) is 1. The molecule has 0 spiro atoms. The Labute approximate surface area is 130 Å². The lowest BCUT2D eigenvalue weighted by molar-refractivity contribution is 0.0602. The second kappa shape index (κ2) is 6.15. The number of benzene rings is 2. The Morgan fingerprint density at radius 1 is 1.35 bits per heavy atom. The Morgan fingerprint density at radius 2 is 2.10 bits per heavy atom. The number of ether oxygens (including phenoxy) is 1. The van der Waals surface area contributed by atoms with Crippen LogP contribution in [-0.2, 0) is 4.74 Å². The van der Waals surface area contributed by atoms with Crippen LogP contribution in [0.5, 0.6) is 0 Å². The van der Waals surface area contributed by atoms with Gasteiger partial charge in [0.15, 0.2) is 0 Å². The maximum atomic E-state index is 11.8. The fraction of sp³-hybridized carbons (Fsp3) is 0.0714. The first-order valence-electron chi connectivity index (χ1n) is 5.72. The number of carbonyl (C=O) groups is 1. The number of nitrogens with two attached hydrogens (primary N) is 1. The van der Waals surface area contributed by atoms with E-state index in [1.165, 1.54) is 7.11 Å². The highest BCUT2D eigenvalue weighted by atomic mass is 79.9. The molecule has 0 heterocycles. The van der Waals surface area contributed by atoms with E-state index in [1.807, 2.05) is 6.07 Å². The Hall–Kier alpha value is -1.72. The third-order valence-electron chi connectivity index (χ3n) is 2.69. The van der Waals surface area contributed by atoms with Gasteiger partial charge >= 0.3 is 5.97 Å². The highest BCUT2D eigenvalue weighted by Crippen LogP contribution is 2.33. The molecule has 2 aromatic carbocycles. The minimum atomic E-state index is -0.460. The van der Waals surface area contributed by atoms with Crippen molar-refractivity contribution in [1.29, 1.82) is 0 Å². The largest absolute Gasteiger partial charge is 0.465 e. The molecule has 4 nitrogen and oxygen atoms in total. The molecule has 104 valence electrons. The SMILES string of the molecule is COC(=O)c1cccc(N)c1Nc1cc(Cl)ccc1Br. The molecule has 0 aliphatic carbocycles. The average Bonchev–Trinajstić information content (AvgIpc) is 2.44. The van der Waals surface area contributed by atoms with Crippen molar-refractivity contribution in [3.05, 3.63) is 51.5 Å². The van der Waals surface area contributed by atoms with Gasteiger partial charge in [-0.15, -0.1) is 0 Å². The van der Waals surface area contributed by atoms with E-state index in [2.05, 4.69) is 21.2 Å². The first-order valence-corrected chi connectivity index (χ1v) is 6.89. The second-order valence-corrected chi connectivity index (χ2v) is 5.30. The third kappa shape index (κ3) is 3.05. The minimum absolute atomic E-state index is 0.361. The fourth-order valence-electron chi connectivity index (χ4n) is 1.72. The van der Waals surface area contributed by atoms with Crippen LogP contribution < -0.4 is 11.1 Å². The van der Waals surface area contributed by atoms with Crippen molar-refractivity contribution in [2.24, 2.45) is 0 Å². The van der Waals surface area contributed by atoms with Crippen LogP contribution in [0, 0.1) is 0 Å². The predicted octanol–water partition coefficient (Wildman–Crippen LogP) is 4.21. The van der Waals surface area contributed by atoms with E-state index in [0.717, 1.165) is 4.47 Å². The molecule has 0 unspecified atom stereocenters. The number of rotatable bonds is 3. The molecular formula is C14H12BrClN2O2. The van der Waals surface area contributed by atoms with E-state index in [-0.39, 0.29) is 0 Å². The van der Waals surface area contributed by atoms with E-state index in [0.29, 0.717) is 27.6 Å². The first kappa shape index (κ1) is 14.7. The van der Waals surface area contributed by atoms with Gasteiger partial charge in [0.2, 0.25) is 0 Å². The van der Waals surface area contributed by atoms with Crippen LogP contribution in [0.15, 0.2) is 40.9 Å². The zero-order valence-electron chi connectivity index (χ0n) is 10.6. The van der Waals surface area contributed by atoms with Gasteiger partial charge in [-0.25, -0.2) is 4.79 Å². The van der Waals surface area contributed by atoms with Crippen LogP contribution in [0.1, 0.15) is 10.4 Å². The summed E-state index contributed by atoms with van der Waals surface area (Å²) in [5.74, 6) is -0.460. The van der Waals surface area contributed by atoms with Gasteiger partial charge in [-0.05, 0) is 46.3 Å². The van der Waals surface area contributed by atoms with E-state index < -0.39 is 5.97 Å². The topological polar surface area (TPSA) is 64.3 Å². The Kier molecular flexibility index (Phi) is 4.52. The standard InChI is InChI=1S/C14H12BrClN2O2/c1-20-14(19)9-3-2-4-11(17)13(9)18-12-7-8(16)5-6-10(12)15/h2-7,18H,17H2,1H3. The maximum absolute atomic E-state index is 11.8.